The summed E-state index contributed by atoms with van der Waals surface area (Å²) in [5.41, 5.74) is 3.05. The first-order valence-electron chi connectivity index (χ1n) is 10.9. The normalized spacial score (nSPS) is 18.2. The van der Waals surface area contributed by atoms with Crippen molar-refractivity contribution in [1.29, 1.82) is 0 Å². The second-order valence-corrected chi connectivity index (χ2v) is 8.99. The van der Waals surface area contributed by atoms with Crippen molar-refractivity contribution in [2.45, 2.75) is 18.7 Å². The fourth-order valence-electron chi connectivity index (χ4n) is 4.68. The molecule has 0 amide bonds. The molecule has 0 fully saturated rings. The first-order chi connectivity index (χ1) is 17.0. The van der Waals surface area contributed by atoms with Gasteiger partial charge in [-0.15, -0.1) is 0 Å². The fourth-order valence-corrected chi connectivity index (χ4v) is 5.06. The van der Waals surface area contributed by atoms with Crippen molar-refractivity contribution >= 4 is 27.6 Å². The number of carboxylic acids is 1. The number of hydrogen-bond acceptors (Lipinski definition) is 7. The molecule has 0 unspecified atom stereocenters. The van der Waals surface area contributed by atoms with Crippen molar-refractivity contribution in [3.8, 4) is 23.0 Å². The second-order valence-electron chi connectivity index (χ2n) is 8.07. The fraction of sp³-hybridized carbons (Fsp3) is 0.231. The lowest BCUT2D eigenvalue weighted by Gasteiger charge is -2.38. The topological polar surface area (TPSA) is 89.8 Å². The summed E-state index contributed by atoms with van der Waals surface area (Å²) in [6.45, 7) is 0. The third-order valence-corrected chi connectivity index (χ3v) is 6.72. The van der Waals surface area contributed by atoms with E-state index in [1.54, 1.807) is 19.2 Å². The highest BCUT2D eigenvalue weighted by Crippen LogP contribution is 2.50. The Hall–Kier alpha value is -3.72. The van der Waals surface area contributed by atoms with Crippen LogP contribution in [-0.2, 0) is 0 Å². The summed E-state index contributed by atoms with van der Waals surface area (Å²) in [7, 11) is 4.51. The van der Waals surface area contributed by atoms with E-state index in [4.69, 9.17) is 24.0 Å². The number of para-hydroxylation sites is 1. The maximum absolute atomic E-state index is 12.4. The molecule has 180 valence electrons. The zero-order valence-corrected chi connectivity index (χ0v) is 20.9. The summed E-state index contributed by atoms with van der Waals surface area (Å²) in [6.07, 6.45) is -0.203. The molecule has 3 aromatic rings. The van der Waals surface area contributed by atoms with Crippen LogP contribution in [0.1, 0.15) is 45.7 Å². The summed E-state index contributed by atoms with van der Waals surface area (Å²) < 4.78 is 23.7. The van der Waals surface area contributed by atoms with Gasteiger partial charge in [0.05, 0.1) is 33.1 Å². The van der Waals surface area contributed by atoms with Crippen LogP contribution in [0.25, 0.3) is 0 Å². The molecule has 1 N–H and O–H groups in total. The number of rotatable bonds is 6. The van der Waals surface area contributed by atoms with Crippen molar-refractivity contribution in [3.63, 3.8) is 0 Å². The molecule has 8 nitrogen and oxygen atoms in total. The first kappa shape index (κ1) is 23.0. The third-order valence-electron chi connectivity index (χ3n) is 6.23. The molecule has 5 rings (SSSR count). The van der Waals surface area contributed by atoms with Gasteiger partial charge in [-0.25, -0.2) is 9.80 Å². The molecule has 0 saturated carbocycles. The van der Waals surface area contributed by atoms with Crippen LogP contribution in [-0.4, -0.2) is 43.1 Å². The second kappa shape index (κ2) is 9.14. The van der Waals surface area contributed by atoms with Gasteiger partial charge in [-0.2, -0.15) is 5.10 Å². The zero-order valence-electron chi connectivity index (χ0n) is 19.3. The highest BCUT2D eigenvalue weighted by atomic mass is 79.9. The molecule has 2 heterocycles. The van der Waals surface area contributed by atoms with E-state index in [-0.39, 0.29) is 17.4 Å². The summed E-state index contributed by atoms with van der Waals surface area (Å²) in [6, 6.07) is 16.7. The number of carbonyl (C=O) groups is 1. The maximum atomic E-state index is 12.4. The monoisotopic (exact) mass is 538 g/mol. The largest absolute Gasteiger partial charge is 0.496 e. The molecule has 3 aromatic carbocycles. The van der Waals surface area contributed by atoms with Crippen LogP contribution < -0.4 is 18.9 Å². The van der Waals surface area contributed by atoms with E-state index in [0.29, 0.717) is 23.5 Å². The third kappa shape index (κ3) is 3.85. The number of ether oxygens (including phenoxy) is 4. The molecule has 0 spiro atoms. The van der Waals surface area contributed by atoms with Crippen LogP contribution in [0.4, 0.5) is 0 Å². The highest BCUT2D eigenvalue weighted by molar-refractivity contribution is 9.10. The molecule has 2 aliphatic heterocycles. The SMILES string of the molecule is COc1ccccc1C1=NN2[C@H](C1)c1cc(Br)ccc1O[C@@H]2c1ccc(OC)c(OC)c1C(=O)O. The van der Waals surface area contributed by atoms with Gasteiger partial charge in [-0.05, 0) is 42.5 Å². The minimum atomic E-state index is -1.15. The number of halogens is 1. The Labute approximate surface area is 210 Å². The average molecular weight is 539 g/mol. The predicted octanol–water partition coefficient (Wildman–Crippen LogP) is 5.42. The Morgan fingerprint density at radius 2 is 1.80 bits per heavy atom. The van der Waals surface area contributed by atoms with E-state index in [1.165, 1.54) is 14.2 Å². The number of nitrogens with zero attached hydrogens (tertiary/aromatic N) is 2. The maximum Gasteiger partial charge on any atom is 0.340 e. The lowest BCUT2D eigenvalue weighted by atomic mass is 9.94. The van der Waals surface area contributed by atoms with Crippen molar-refractivity contribution in [1.82, 2.24) is 5.01 Å². The van der Waals surface area contributed by atoms with Crippen LogP contribution in [0.15, 0.2) is 64.2 Å². The molecule has 2 atom stereocenters. The van der Waals surface area contributed by atoms with Gasteiger partial charge >= 0.3 is 5.97 Å². The predicted molar refractivity (Wildman–Crippen MR) is 133 cm³/mol. The molecule has 0 aromatic heterocycles. The molecular weight excluding hydrogens is 516 g/mol. The Bertz CT molecular complexity index is 1340. The molecule has 2 aliphatic rings. The zero-order chi connectivity index (χ0) is 24.7. The summed E-state index contributed by atoms with van der Waals surface area (Å²) in [4.78, 5) is 12.4. The molecule has 0 radical (unpaired) electrons. The summed E-state index contributed by atoms with van der Waals surface area (Å²) in [5.74, 6) is 0.695. The standard InChI is InChI=1S/C26H23BrN2O6/c1-32-20-7-5-4-6-15(20)18-13-19-17-12-14(27)8-10-21(17)35-25(29(19)28-18)16-9-11-22(33-2)24(34-3)23(16)26(30)31/h4-12,19,25H,13H2,1-3H3,(H,30,31)/t19-,25-/m1/s1. The highest BCUT2D eigenvalue weighted by Gasteiger charge is 2.43. The first-order valence-corrected chi connectivity index (χ1v) is 11.7. The lowest BCUT2D eigenvalue weighted by Crippen LogP contribution is -2.34. The van der Waals surface area contributed by atoms with E-state index in [0.717, 1.165) is 27.1 Å². The summed E-state index contributed by atoms with van der Waals surface area (Å²) in [5, 5.41) is 16.9. The Morgan fingerprint density at radius 1 is 1.03 bits per heavy atom. The van der Waals surface area contributed by atoms with Crippen molar-refractivity contribution < 1.29 is 28.8 Å². The van der Waals surface area contributed by atoms with E-state index in [1.807, 2.05) is 47.5 Å². The van der Waals surface area contributed by atoms with Gasteiger partial charge in [-0.3, -0.25) is 0 Å². The molecule has 0 aliphatic carbocycles. The van der Waals surface area contributed by atoms with E-state index < -0.39 is 12.2 Å². The average Bonchev–Trinajstić information content (AvgIpc) is 3.33. The van der Waals surface area contributed by atoms with E-state index >= 15 is 0 Å². The van der Waals surface area contributed by atoms with Crippen LogP contribution in [0.5, 0.6) is 23.0 Å². The molecule has 0 bridgehead atoms. The van der Waals surface area contributed by atoms with Crippen LogP contribution >= 0.6 is 15.9 Å². The number of carboxylic acid groups (broad SMARTS) is 1. The summed E-state index contributed by atoms with van der Waals surface area (Å²) >= 11 is 3.56. The van der Waals surface area contributed by atoms with E-state index in [2.05, 4.69) is 15.9 Å². The van der Waals surface area contributed by atoms with Crippen molar-refractivity contribution in [3.05, 3.63) is 81.3 Å². The Morgan fingerprint density at radius 3 is 2.51 bits per heavy atom. The quantitative estimate of drug-likeness (QED) is 0.448. The number of hydrazone groups is 1. The minimum Gasteiger partial charge on any atom is -0.496 e. The van der Waals surface area contributed by atoms with Gasteiger partial charge in [0.15, 0.2) is 11.5 Å². The minimum absolute atomic E-state index is 0.0305. The Kier molecular flexibility index (Phi) is 6.02. The smallest absolute Gasteiger partial charge is 0.340 e. The molecule has 0 saturated heterocycles. The van der Waals surface area contributed by atoms with Crippen LogP contribution in [0.3, 0.4) is 0 Å². The van der Waals surface area contributed by atoms with Crippen molar-refractivity contribution in [2.75, 3.05) is 21.3 Å². The van der Waals surface area contributed by atoms with E-state index in [9.17, 15) is 9.90 Å². The lowest BCUT2D eigenvalue weighted by molar-refractivity contribution is -0.0199. The van der Waals surface area contributed by atoms with Gasteiger partial charge in [0.1, 0.15) is 17.1 Å². The number of methoxy groups -OCH3 is 3. The van der Waals surface area contributed by atoms with Crippen molar-refractivity contribution in [2.24, 2.45) is 5.10 Å². The Balaban J connectivity index is 1.69. The van der Waals surface area contributed by atoms with Gasteiger partial charge in [0, 0.05) is 27.6 Å². The molecule has 9 heteroatoms. The van der Waals surface area contributed by atoms with Gasteiger partial charge in [0.2, 0.25) is 6.23 Å². The van der Waals surface area contributed by atoms with Crippen LogP contribution in [0, 0.1) is 0 Å². The van der Waals surface area contributed by atoms with Gasteiger partial charge < -0.3 is 24.1 Å². The number of benzene rings is 3. The van der Waals surface area contributed by atoms with Gasteiger partial charge in [0.25, 0.3) is 0 Å². The number of fused-ring (bicyclic) bond motifs is 3. The molecular formula is C26H23BrN2O6. The van der Waals surface area contributed by atoms with Gasteiger partial charge in [-0.1, -0.05) is 28.1 Å². The molecule has 35 heavy (non-hydrogen) atoms. The van der Waals surface area contributed by atoms with Crippen LogP contribution in [0.2, 0.25) is 0 Å². The number of hydrogen-bond donors (Lipinski definition) is 1. The number of aromatic carboxylic acids is 1.